The number of benzene rings is 1. The van der Waals surface area contributed by atoms with Crippen LogP contribution in [0.4, 0.5) is 0 Å². The van der Waals surface area contributed by atoms with Crippen LogP contribution in [0.15, 0.2) is 54.6 Å². The zero-order valence-electron chi connectivity index (χ0n) is 25.6. The highest BCUT2D eigenvalue weighted by atomic mass is 16.5. The fourth-order valence-corrected chi connectivity index (χ4v) is 5.47. The molecule has 1 aromatic carbocycles. The Balaban J connectivity index is 1.31. The monoisotopic (exact) mass is 581 g/mol. The van der Waals surface area contributed by atoms with Gasteiger partial charge in [-0.2, -0.15) is 0 Å². The van der Waals surface area contributed by atoms with Crippen LogP contribution in [0.3, 0.4) is 0 Å². The number of hydrogen-bond donors (Lipinski definition) is 0. The molecule has 7 heteroatoms. The topological polar surface area (TPSA) is 82.1 Å². The summed E-state index contributed by atoms with van der Waals surface area (Å²) in [5.74, 6) is 0.257. The molecule has 0 bridgehead atoms. The second kappa shape index (κ2) is 20.1. The van der Waals surface area contributed by atoms with Crippen molar-refractivity contribution in [3.63, 3.8) is 0 Å². The van der Waals surface area contributed by atoms with Gasteiger partial charge in [0.2, 0.25) is 0 Å². The van der Waals surface area contributed by atoms with Gasteiger partial charge in [0.15, 0.2) is 0 Å². The van der Waals surface area contributed by atoms with Gasteiger partial charge in [0.25, 0.3) is 0 Å². The van der Waals surface area contributed by atoms with Gasteiger partial charge in [-0.05, 0) is 76.6 Å². The number of esters is 3. The molecular formula is C35H51NO6. The zero-order chi connectivity index (χ0) is 29.8. The molecule has 0 spiro atoms. The van der Waals surface area contributed by atoms with Crippen LogP contribution in [0.2, 0.25) is 0 Å². The molecule has 1 aromatic rings. The molecule has 0 N–H and O–H groups in total. The lowest BCUT2D eigenvalue weighted by atomic mass is 9.94. The fraction of sp³-hybridized carbons (Fsp3) is 0.629. The highest BCUT2D eigenvalue weighted by molar-refractivity contribution is 5.72. The van der Waals surface area contributed by atoms with E-state index < -0.39 is 0 Å². The van der Waals surface area contributed by atoms with E-state index in [0.717, 1.165) is 89.3 Å². The van der Waals surface area contributed by atoms with Gasteiger partial charge in [0.05, 0.1) is 19.1 Å². The van der Waals surface area contributed by atoms with E-state index in [-0.39, 0.29) is 29.7 Å². The Bertz CT molecular complexity index is 982. The average Bonchev–Trinajstić information content (AvgIpc) is 3.02. The van der Waals surface area contributed by atoms with Crippen LogP contribution >= 0.6 is 0 Å². The summed E-state index contributed by atoms with van der Waals surface area (Å²) in [6.45, 7) is 3.10. The third-order valence-corrected chi connectivity index (χ3v) is 8.27. The van der Waals surface area contributed by atoms with E-state index in [1.54, 1.807) is 0 Å². The molecular weight excluding hydrogens is 530 g/mol. The third-order valence-electron chi connectivity index (χ3n) is 8.27. The van der Waals surface area contributed by atoms with Crippen LogP contribution in [0.5, 0.6) is 0 Å². The van der Waals surface area contributed by atoms with Crippen molar-refractivity contribution in [1.29, 1.82) is 0 Å². The summed E-state index contributed by atoms with van der Waals surface area (Å²) in [6, 6.07) is 9.72. The second-order valence-electron chi connectivity index (χ2n) is 11.9. The number of carbonyl (C=O) groups is 3. The lowest BCUT2D eigenvalue weighted by molar-refractivity contribution is -0.152. The van der Waals surface area contributed by atoms with E-state index in [4.69, 9.17) is 14.2 Å². The van der Waals surface area contributed by atoms with Gasteiger partial charge in [0.1, 0.15) is 6.61 Å². The summed E-state index contributed by atoms with van der Waals surface area (Å²) >= 11 is 0. The summed E-state index contributed by atoms with van der Waals surface area (Å²) in [5, 5.41) is 0. The SMILES string of the molecule is CN1CCC(C(=O)OC[C@H](CCCCCC(=O)OCc2ccccc2)CCCCCC(=O)OC[C@H]2C=CC=CC2)CC1. The van der Waals surface area contributed by atoms with E-state index >= 15 is 0 Å². The first kappa shape index (κ1) is 33.6. The van der Waals surface area contributed by atoms with Crippen LogP contribution in [0, 0.1) is 17.8 Å². The summed E-state index contributed by atoms with van der Waals surface area (Å²) in [6.07, 6.45) is 19.1. The lowest BCUT2D eigenvalue weighted by Crippen LogP contribution is -2.34. The van der Waals surface area contributed by atoms with E-state index in [2.05, 4.69) is 24.1 Å². The Morgan fingerprint density at radius 1 is 0.833 bits per heavy atom. The molecule has 1 saturated heterocycles. The van der Waals surface area contributed by atoms with Crippen LogP contribution in [0.1, 0.15) is 89.0 Å². The van der Waals surface area contributed by atoms with Gasteiger partial charge < -0.3 is 19.1 Å². The maximum absolute atomic E-state index is 12.7. The van der Waals surface area contributed by atoms with Crippen molar-refractivity contribution in [2.45, 2.75) is 90.1 Å². The largest absolute Gasteiger partial charge is 0.465 e. The molecule has 1 aliphatic carbocycles. The van der Waals surface area contributed by atoms with Crippen molar-refractivity contribution in [3.05, 3.63) is 60.2 Å². The summed E-state index contributed by atoms with van der Waals surface area (Å²) in [5.41, 5.74) is 0.995. The van der Waals surface area contributed by atoms with Crippen molar-refractivity contribution in [2.24, 2.45) is 17.8 Å². The minimum atomic E-state index is -0.159. The van der Waals surface area contributed by atoms with Crippen molar-refractivity contribution < 1.29 is 28.6 Å². The van der Waals surface area contributed by atoms with Crippen molar-refractivity contribution in [2.75, 3.05) is 33.4 Å². The van der Waals surface area contributed by atoms with E-state index in [1.165, 1.54) is 0 Å². The summed E-state index contributed by atoms with van der Waals surface area (Å²) < 4.78 is 16.7. The molecule has 0 saturated carbocycles. The van der Waals surface area contributed by atoms with Gasteiger partial charge in [-0.1, -0.05) is 80.3 Å². The zero-order valence-corrected chi connectivity index (χ0v) is 25.6. The van der Waals surface area contributed by atoms with E-state index in [9.17, 15) is 14.4 Å². The first-order valence-corrected chi connectivity index (χ1v) is 16.0. The first-order chi connectivity index (χ1) is 20.5. The minimum absolute atomic E-state index is 0.00915. The molecule has 1 heterocycles. The quantitative estimate of drug-likeness (QED) is 0.101. The second-order valence-corrected chi connectivity index (χ2v) is 11.9. The maximum Gasteiger partial charge on any atom is 0.309 e. The Kier molecular flexibility index (Phi) is 16.0. The molecule has 2 aliphatic rings. The minimum Gasteiger partial charge on any atom is -0.465 e. The van der Waals surface area contributed by atoms with Crippen LogP contribution in [-0.2, 0) is 35.2 Å². The highest BCUT2D eigenvalue weighted by Crippen LogP contribution is 2.22. The number of piperidine rings is 1. The molecule has 0 radical (unpaired) electrons. The number of ether oxygens (including phenoxy) is 3. The van der Waals surface area contributed by atoms with Crippen molar-refractivity contribution in [1.82, 2.24) is 4.90 Å². The van der Waals surface area contributed by atoms with Crippen molar-refractivity contribution >= 4 is 17.9 Å². The molecule has 3 rings (SSSR count). The number of unbranched alkanes of at least 4 members (excludes halogenated alkanes) is 4. The number of hydrogen-bond acceptors (Lipinski definition) is 7. The van der Waals surface area contributed by atoms with E-state index in [1.807, 2.05) is 42.5 Å². The van der Waals surface area contributed by atoms with Gasteiger partial charge in [-0.25, -0.2) is 0 Å². The Morgan fingerprint density at radius 2 is 1.50 bits per heavy atom. The third kappa shape index (κ3) is 14.3. The van der Waals surface area contributed by atoms with Gasteiger partial charge in [-0.3, -0.25) is 14.4 Å². The summed E-state index contributed by atoms with van der Waals surface area (Å²) in [4.78, 5) is 39.2. The Hall–Kier alpha value is -2.93. The Labute approximate surface area is 252 Å². The van der Waals surface area contributed by atoms with E-state index in [0.29, 0.717) is 38.6 Å². The van der Waals surface area contributed by atoms with Gasteiger partial charge in [-0.15, -0.1) is 0 Å². The van der Waals surface area contributed by atoms with Gasteiger partial charge >= 0.3 is 17.9 Å². The molecule has 232 valence electrons. The number of rotatable bonds is 19. The lowest BCUT2D eigenvalue weighted by Gasteiger charge is -2.28. The smallest absolute Gasteiger partial charge is 0.309 e. The first-order valence-electron chi connectivity index (χ1n) is 16.0. The number of allylic oxidation sites excluding steroid dienone is 3. The normalized spacial score (nSPS) is 18.0. The van der Waals surface area contributed by atoms with Crippen LogP contribution in [-0.4, -0.2) is 56.2 Å². The van der Waals surface area contributed by atoms with Gasteiger partial charge in [0, 0.05) is 18.8 Å². The van der Waals surface area contributed by atoms with Crippen LogP contribution in [0.25, 0.3) is 0 Å². The average molecular weight is 582 g/mol. The van der Waals surface area contributed by atoms with Crippen LogP contribution < -0.4 is 0 Å². The Morgan fingerprint density at radius 3 is 2.14 bits per heavy atom. The van der Waals surface area contributed by atoms with Crippen molar-refractivity contribution in [3.8, 4) is 0 Å². The predicted molar refractivity (Wildman–Crippen MR) is 164 cm³/mol. The molecule has 1 aliphatic heterocycles. The molecule has 0 amide bonds. The maximum atomic E-state index is 12.7. The molecule has 7 nitrogen and oxygen atoms in total. The summed E-state index contributed by atoms with van der Waals surface area (Å²) in [7, 11) is 2.09. The molecule has 1 fully saturated rings. The highest BCUT2D eigenvalue weighted by Gasteiger charge is 2.25. The molecule has 0 aromatic heterocycles. The predicted octanol–water partition coefficient (Wildman–Crippen LogP) is 6.81. The molecule has 0 unspecified atom stereocenters. The number of nitrogens with zero attached hydrogens (tertiary/aromatic N) is 1. The number of likely N-dealkylation sites (tertiary alicyclic amines) is 1. The standard InChI is InChI=1S/C35H51NO6/c1-36-24-22-32(23-25-36)35(39)42-28-31(18-10-4-12-20-33(37)40-26-29-14-6-2-7-15-29)19-11-5-13-21-34(38)41-27-30-16-8-3-9-17-30/h2-3,6-9,14-16,30-32H,4-5,10-13,17-28H2,1H3/t30-,31+/m0/s1. The molecule has 42 heavy (non-hydrogen) atoms. The number of carbonyl (C=O) groups excluding carboxylic acids is 3. The fourth-order valence-electron chi connectivity index (χ4n) is 5.47. The molecule has 2 atom stereocenters.